The molecule has 2 atom stereocenters. The van der Waals surface area contributed by atoms with Crippen LogP contribution < -0.4 is 0 Å². The first-order valence-electron chi connectivity index (χ1n) is 7.67. The van der Waals surface area contributed by atoms with Crippen LogP contribution in [0.4, 0.5) is 0 Å². The van der Waals surface area contributed by atoms with Gasteiger partial charge in [-0.3, -0.25) is 0 Å². The second-order valence-electron chi connectivity index (χ2n) is 5.62. The molecule has 0 aromatic rings. The van der Waals surface area contributed by atoms with Gasteiger partial charge in [0.2, 0.25) is 0 Å². The van der Waals surface area contributed by atoms with Crippen molar-refractivity contribution in [2.45, 2.75) is 70.8 Å². The molecule has 20 heavy (non-hydrogen) atoms. The van der Waals surface area contributed by atoms with E-state index in [0.29, 0.717) is 6.42 Å². The van der Waals surface area contributed by atoms with Gasteiger partial charge in [0.25, 0.3) is 0 Å². The molecule has 4 N–H and O–H groups in total. The summed E-state index contributed by atoms with van der Waals surface area (Å²) in [6.07, 6.45) is 9.18. The second-order valence-corrected chi connectivity index (χ2v) is 5.62. The van der Waals surface area contributed by atoms with Crippen molar-refractivity contribution in [3.8, 4) is 0 Å². The molecule has 0 aliphatic heterocycles. The quantitative estimate of drug-likeness (QED) is 0.309. The summed E-state index contributed by atoms with van der Waals surface area (Å²) in [5, 5.41) is 37.5. The number of hydrogen-bond acceptors (Lipinski definition) is 4. The Bertz CT molecular complexity index is 190. The van der Waals surface area contributed by atoms with Crippen molar-refractivity contribution >= 4 is 9.90 Å². The van der Waals surface area contributed by atoms with Crippen LogP contribution in [0.5, 0.6) is 0 Å². The molecule has 0 aromatic heterocycles. The lowest BCUT2D eigenvalue weighted by Gasteiger charge is -2.32. The van der Waals surface area contributed by atoms with Crippen molar-refractivity contribution in [3.63, 3.8) is 0 Å². The Labute approximate surface area is 127 Å². The molecule has 5 heteroatoms. The Kier molecular flexibility index (Phi) is 16.0. The molecule has 0 spiro atoms. The molecule has 4 nitrogen and oxygen atoms in total. The topological polar surface area (TPSA) is 80.9 Å². The van der Waals surface area contributed by atoms with Crippen LogP contribution in [0.15, 0.2) is 0 Å². The predicted molar refractivity (Wildman–Crippen MR) is 88.0 cm³/mol. The molecule has 0 amide bonds. The zero-order valence-electron chi connectivity index (χ0n) is 13.1. The molecular formula is C15H35O4P. The Morgan fingerprint density at radius 3 is 1.55 bits per heavy atom. The minimum absolute atomic E-state index is 0. The summed E-state index contributed by atoms with van der Waals surface area (Å²) in [7, 11) is 0. The average Bonchev–Trinajstić information content (AvgIpc) is 2.44. The first kappa shape index (κ1) is 22.5. The highest BCUT2D eigenvalue weighted by Gasteiger charge is 2.35. The molecule has 0 aromatic carbocycles. The van der Waals surface area contributed by atoms with Crippen LogP contribution in [0.2, 0.25) is 0 Å². The molecule has 0 bridgehead atoms. The van der Waals surface area contributed by atoms with Crippen LogP contribution in [-0.4, -0.2) is 46.4 Å². The summed E-state index contributed by atoms with van der Waals surface area (Å²) < 4.78 is 0. The lowest BCUT2D eigenvalue weighted by Crippen LogP contribution is -2.45. The summed E-state index contributed by atoms with van der Waals surface area (Å²) in [4.78, 5) is 0. The Morgan fingerprint density at radius 2 is 1.15 bits per heavy atom. The van der Waals surface area contributed by atoms with Crippen molar-refractivity contribution in [1.29, 1.82) is 0 Å². The number of rotatable bonds is 13. The monoisotopic (exact) mass is 310 g/mol. The predicted octanol–water partition coefficient (Wildman–Crippen LogP) is 1.90. The van der Waals surface area contributed by atoms with Gasteiger partial charge in [0.05, 0.1) is 31.3 Å². The van der Waals surface area contributed by atoms with Gasteiger partial charge in [-0.05, 0) is 6.42 Å². The maximum absolute atomic E-state index is 9.95. The van der Waals surface area contributed by atoms with Gasteiger partial charge < -0.3 is 20.4 Å². The van der Waals surface area contributed by atoms with Crippen LogP contribution in [0.1, 0.15) is 64.7 Å². The van der Waals surface area contributed by atoms with E-state index < -0.39 is 31.3 Å². The third-order valence-corrected chi connectivity index (χ3v) is 3.98. The molecular weight excluding hydrogens is 275 g/mol. The number of aliphatic hydroxyl groups is 4. The summed E-state index contributed by atoms with van der Waals surface area (Å²) in [6.45, 7) is 1.03. The van der Waals surface area contributed by atoms with Gasteiger partial charge in [-0.25, -0.2) is 0 Å². The smallest absolute Gasteiger partial charge is 0.0662 e. The number of aliphatic hydroxyl groups excluding tert-OH is 4. The van der Waals surface area contributed by atoms with E-state index in [9.17, 15) is 20.4 Å². The summed E-state index contributed by atoms with van der Waals surface area (Å²) in [5.41, 5.74) is -1.15. The number of hydrogen-bond donors (Lipinski definition) is 4. The van der Waals surface area contributed by atoms with Gasteiger partial charge in [-0.15, -0.1) is 0 Å². The fourth-order valence-electron chi connectivity index (χ4n) is 2.24. The molecule has 0 fully saturated rings. The average molecular weight is 310 g/mol. The molecule has 0 aliphatic rings. The van der Waals surface area contributed by atoms with Gasteiger partial charge in [0.1, 0.15) is 0 Å². The normalized spacial score (nSPS) is 13.1. The van der Waals surface area contributed by atoms with E-state index in [-0.39, 0.29) is 9.90 Å². The summed E-state index contributed by atoms with van der Waals surface area (Å²) in [5.74, 6) is 0. The van der Waals surface area contributed by atoms with Crippen LogP contribution in [0, 0.1) is 5.41 Å². The second kappa shape index (κ2) is 14.2. The van der Waals surface area contributed by atoms with Crippen molar-refractivity contribution in [1.82, 2.24) is 0 Å². The molecule has 0 saturated carbocycles. The van der Waals surface area contributed by atoms with Crippen molar-refractivity contribution in [2.75, 3.05) is 19.8 Å². The highest BCUT2D eigenvalue weighted by molar-refractivity contribution is 6.92. The third kappa shape index (κ3) is 8.53. The fraction of sp³-hybridized carbons (Fsp3) is 1.00. The van der Waals surface area contributed by atoms with Crippen LogP contribution >= 0.6 is 9.90 Å². The van der Waals surface area contributed by atoms with Crippen LogP contribution in [-0.2, 0) is 0 Å². The van der Waals surface area contributed by atoms with E-state index in [0.717, 1.165) is 12.8 Å². The first-order chi connectivity index (χ1) is 9.16. The lowest BCUT2D eigenvalue weighted by molar-refractivity contribution is -0.0863. The largest absolute Gasteiger partial charge is 0.396 e. The summed E-state index contributed by atoms with van der Waals surface area (Å²) >= 11 is 0. The molecule has 2 unspecified atom stereocenters. The highest BCUT2D eigenvalue weighted by Crippen LogP contribution is 2.24. The SMILES string of the molecule is CCCCCCCCCCC(O)C(CO)(CO)CO.P. The lowest BCUT2D eigenvalue weighted by atomic mass is 9.82. The van der Waals surface area contributed by atoms with E-state index in [4.69, 9.17) is 0 Å². The highest BCUT2D eigenvalue weighted by atomic mass is 31.0. The Balaban J connectivity index is 0. The van der Waals surface area contributed by atoms with Crippen molar-refractivity contribution < 1.29 is 20.4 Å². The molecule has 0 heterocycles. The van der Waals surface area contributed by atoms with Crippen molar-refractivity contribution in [3.05, 3.63) is 0 Å². The Morgan fingerprint density at radius 1 is 0.750 bits per heavy atom. The van der Waals surface area contributed by atoms with E-state index >= 15 is 0 Å². The van der Waals surface area contributed by atoms with Gasteiger partial charge in [-0.1, -0.05) is 58.3 Å². The zero-order valence-corrected chi connectivity index (χ0v) is 14.5. The van der Waals surface area contributed by atoms with Gasteiger partial charge in [0.15, 0.2) is 0 Å². The van der Waals surface area contributed by atoms with Crippen LogP contribution in [0.3, 0.4) is 0 Å². The van der Waals surface area contributed by atoms with E-state index in [1.54, 1.807) is 0 Å². The van der Waals surface area contributed by atoms with Crippen molar-refractivity contribution in [2.24, 2.45) is 5.41 Å². The molecule has 0 radical (unpaired) electrons. The first-order valence-corrected chi connectivity index (χ1v) is 7.67. The Hall–Kier alpha value is 0.270. The zero-order chi connectivity index (χ0) is 14.6. The molecule has 124 valence electrons. The van der Waals surface area contributed by atoms with E-state index in [1.807, 2.05) is 0 Å². The minimum Gasteiger partial charge on any atom is -0.396 e. The molecule has 0 aliphatic carbocycles. The van der Waals surface area contributed by atoms with Gasteiger partial charge in [0, 0.05) is 0 Å². The number of unbranched alkanes of at least 4 members (excludes halogenated alkanes) is 7. The van der Waals surface area contributed by atoms with Gasteiger partial charge in [-0.2, -0.15) is 9.90 Å². The maximum atomic E-state index is 9.95. The fourth-order valence-corrected chi connectivity index (χ4v) is 2.24. The van der Waals surface area contributed by atoms with Crippen LogP contribution in [0.25, 0.3) is 0 Å². The summed E-state index contributed by atoms with van der Waals surface area (Å²) in [6, 6.07) is 0. The third-order valence-electron chi connectivity index (χ3n) is 3.98. The van der Waals surface area contributed by atoms with E-state index in [1.165, 1.54) is 38.5 Å². The standard InChI is InChI=1S/C15H32O4.H3P/c1-2-3-4-5-6-7-8-9-10-14(19)15(11-16,12-17)13-18;/h14,16-19H,2-13H2,1H3;1H3. The minimum atomic E-state index is -1.15. The van der Waals surface area contributed by atoms with Gasteiger partial charge >= 0.3 is 0 Å². The molecule has 0 rings (SSSR count). The maximum Gasteiger partial charge on any atom is 0.0662 e. The van der Waals surface area contributed by atoms with E-state index in [2.05, 4.69) is 6.92 Å². The molecule has 0 saturated heterocycles.